The van der Waals surface area contributed by atoms with Crippen molar-refractivity contribution in [1.29, 1.82) is 0 Å². The molecule has 0 aliphatic rings. The molecule has 9 nitrogen and oxygen atoms in total. The molecule has 3 amide bonds. The van der Waals surface area contributed by atoms with Crippen LogP contribution in [0.2, 0.25) is 0 Å². The number of carbonyl (C=O) groups excluding carboxylic acids is 3. The lowest BCUT2D eigenvalue weighted by Crippen LogP contribution is -2.18. The second-order valence-electron chi connectivity index (χ2n) is 9.87. The van der Waals surface area contributed by atoms with Crippen LogP contribution in [0.4, 0.5) is 17.1 Å². The number of fused-ring (bicyclic) bond motifs is 1. The maximum atomic E-state index is 13.3. The van der Waals surface area contributed by atoms with E-state index >= 15 is 0 Å². The van der Waals surface area contributed by atoms with Gasteiger partial charge in [0, 0.05) is 58.8 Å². The van der Waals surface area contributed by atoms with Crippen molar-refractivity contribution < 1.29 is 14.4 Å². The van der Waals surface area contributed by atoms with Crippen molar-refractivity contribution in [1.82, 2.24) is 15.1 Å². The van der Waals surface area contributed by atoms with Gasteiger partial charge >= 0.3 is 0 Å². The monoisotopic (exact) mass is 582 g/mol. The van der Waals surface area contributed by atoms with Crippen LogP contribution in [0.1, 0.15) is 42.2 Å². The molecule has 42 heavy (non-hydrogen) atoms. The van der Waals surface area contributed by atoms with Crippen molar-refractivity contribution in [2.45, 2.75) is 13.8 Å². The number of rotatable bonds is 6. The highest BCUT2D eigenvalue weighted by atomic mass is 35.5. The van der Waals surface area contributed by atoms with E-state index in [2.05, 4.69) is 16.0 Å². The van der Waals surface area contributed by atoms with Gasteiger partial charge in [-0.05, 0) is 91.7 Å². The number of nitrogens with one attached hydrogen (secondary N) is 3. The molecule has 0 saturated heterocycles. The van der Waals surface area contributed by atoms with Crippen LogP contribution in [-0.4, -0.2) is 34.5 Å². The van der Waals surface area contributed by atoms with E-state index in [0.29, 0.717) is 33.8 Å². The third-order valence-corrected chi connectivity index (χ3v) is 7.00. The molecule has 0 bridgehead atoms. The van der Waals surface area contributed by atoms with Gasteiger partial charge in [-0.1, -0.05) is 12.1 Å². The Balaban J connectivity index is 0.00000405. The number of anilines is 3. The number of hydrogen-bond donors (Lipinski definition) is 4. The number of carbonyl (C=O) groups is 3. The predicted molar refractivity (Wildman–Crippen MR) is 169 cm³/mol. The SMILES string of the molecule is CNC(=O)c1ccc(C(=O)Nc2cc(NC(=O)c3ccc4c(c3)c(-c3ccc(N)cc3C)nn4C)ccc2C)cc1.Cl. The number of halogens is 1. The molecule has 1 aromatic heterocycles. The third kappa shape index (κ3) is 5.96. The maximum absolute atomic E-state index is 13.3. The summed E-state index contributed by atoms with van der Waals surface area (Å²) in [4.78, 5) is 38.0. The standard InChI is InChI=1S/C32H30N6O3.ClH/c1-18-5-12-24(17-27(18)36-31(40)21-8-6-20(7-9-21)30(39)34-3)35-32(41)22-10-14-28-26(16-22)29(37-38(28)4)25-13-11-23(33)15-19(25)2;/h5-17H,33H2,1-4H3,(H,34,39)(H,35,41)(H,36,40);1H. The zero-order chi connectivity index (χ0) is 29.3. The predicted octanol–water partition coefficient (Wildman–Crippen LogP) is 5.73. The Labute approximate surface area is 249 Å². The maximum Gasteiger partial charge on any atom is 0.255 e. The van der Waals surface area contributed by atoms with Gasteiger partial charge in [0.15, 0.2) is 0 Å². The van der Waals surface area contributed by atoms with Crippen LogP contribution in [-0.2, 0) is 7.05 Å². The number of nitrogen functional groups attached to an aromatic ring is 1. The van der Waals surface area contributed by atoms with E-state index in [-0.39, 0.29) is 30.1 Å². The quantitative estimate of drug-likeness (QED) is 0.190. The second kappa shape index (κ2) is 12.2. The number of aryl methyl sites for hydroxylation is 3. The fourth-order valence-electron chi connectivity index (χ4n) is 4.71. The fraction of sp³-hybridized carbons (Fsp3) is 0.125. The first kappa shape index (κ1) is 29.8. The van der Waals surface area contributed by atoms with Gasteiger partial charge in [0.1, 0.15) is 5.69 Å². The van der Waals surface area contributed by atoms with Gasteiger partial charge in [0.2, 0.25) is 0 Å². The number of amides is 3. The molecule has 0 unspecified atom stereocenters. The molecule has 0 aliphatic carbocycles. The summed E-state index contributed by atoms with van der Waals surface area (Å²) in [6, 6.07) is 22.9. The molecule has 0 radical (unpaired) electrons. The zero-order valence-corrected chi connectivity index (χ0v) is 24.4. The molecule has 0 aliphatic heterocycles. The Morgan fingerprint density at radius 1 is 0.738 bits per heavy atom. The Bertz CT molecular complexity index is 1830. The lowest BCUT2D eigenvalue weighted by Gasteiger charge is -2.12. The van der Waals surface area contributed by atoms with Gasteiger partial charge in [-0.2, -0.15) is 5.10 Å². The van der Waals surface area contributed by atoms with Gasteiger partial charge in [0.05, 0.1) is 5.52 Å². The lowest BCUT2D eigenvalue weighted by molar-refractivity contribution is 0.0960. The van der Waals surface area contributed by atoms with E-state index in [1.807, 2.05) is 57.3 Å². The van der Waals surface area contributed by atoms with Gasteiger partial charge in [-0.25, -0.2) is 0 Å². The number of aromatic nitrogens is 2. The molecule has 0 spiro atoms. The fourth-order valence-corrected chi connectivity index (χ4v) is 4.71. The highest BCUT2D eigenvalue weighted by Crippen LogP contribution is 2.32. The largest absolute Gasteiger partial charge is 0.399 e. The molecule has 5 rings (SSSR count). The number of nitrogens with two attached hydrogens (primary N) is 1. The van der Waals surface area contributed by atoms with E-state index in [1.165, 1.54) is 0 Å². The molecule has 0 saturated carbocycles. The summed E-state index contributed by atoms with van der Waals surface area (Å²) in [5.74, 6) is -0.843. The summed E-state index contributed by atoms with van der Waals surface area (Å²) in [6.07, 6.45) is 0. The molecular weight excluding hydrogens is 552 g/mol. The average Bonchev–Trinajstić information content (AvgIpc) is 3.29. The molecule has 0 fully saturated rings. The minimum absolute atomic E-state index is 0. The number of hydrogen-bond acceptors (Lipinski definition) is 5. The van der Waals surface area contributed by atoms with Crippen LogP contribution in [0.15, 0.2) is 78.9 Å². The van der Waals surface area contributed by atoms with E-state index < -0.39 is 0 Å². The van der Waals surface area contributed by atoms with Crippen molar-refractivity contribution in [3.05, 3.63) is 107 Å². The van der Waals surface area contributed by atoms with Gasteiger partial charge in [-0.15, -0.1) is 12.4 Å². The van der Waals surface area contributed by atoms with Gasteiger partial charge < -0.3 is 21.7 Å². The van der Waals surface area contributed by atoms with Crippen molar-refractivity contribution in [2.75, 3.05) is 23.4 Å². The zero-order valence-electron chi connectivity index (χ0n) is 23.6. The summed E-state index contributed by atoms with van der Waals surface area (Å²) in [7, 11) is 3.42. The number of benzene rings is 4. The van der Waals surface area contributed by atoms with E-state index in [4.69, 9.17) is 10.8 Å². The van der Waals surface area contributed by atoms with Crippen LogP contribution in [0.3, 0.4) is 0 Å². The summed E-state index contributed by atoms with van der Waals surface area (Å²) in [6.45, 7) is 3.85. The summed E-state index contributed by atoms with van der Waals surface area (Å²) < 4.78 is 1.79. The normalized spacial score (nSPS) is 10.6. The summed E-state index contributed by atoms with van der Waals surface area (Å²) in [5, 5.41) is 13.9. The molecule has 5 aromatic rings. The Hall–Kier alpha value is -5.15. The van der Waals surface area contributed by atoms with Crippen LogP contribution < -0.4 is 21.7 Å². The van der Waals surface area contributed by atoms with Crippen molar-refractivity contribution >= 4 is 58.1 Å². The highest BCUT2D eigenvalue weighted by molar-refractivity contribution is 6.09. The van der Waals surface area contributed by atoms with Gasteiger partial charge in [-0.3, -0.25) is 19.1 Å². The first-order valence-corrected chi connectivity index (χ1v) is 13.0. The summed E-state index contributed by atoms with van der Waals surface area (Å²) >= 11 is 0. The molecule has 0 atom stereocenters. The Kier molecular flexibility index (Phi) is 8.63. The molecular formula is C32H31ClN6O3. The van der Waals surface area contributed by atoms with Crippen LogP contribution in [0, 0.1) is 13.8 Å². The Morgan fingerprint density at radius 2 is 1.38 bits per heavy atom. The first-order valence-electron chi connectivity index (χ1n) is 13.0. The molecule has 1 heterocycles. The molecule has 5 N–H and O–H groups in total. The van der Waals surface area contributed by atoms with Crippen molar-refractivity contribution in [3.63, 3.8) is 0 Å². The third-order valence-electron chi connectivity index (χ3n) is 7.00. The summed E-state index contributed by atoms with van der Waals surface area (Å²) in [5.41, 5.74) is 13.5. The smallest absolute Gasteiger partial charge is 0.255 e. The van der Waals surface area contributed by atoms with E-state index in [0.717, 1.165) is 33.3 Å². The van der Waals surface area contributed by atoms with Gasteiger partial charge in [0.25, 0.3) is 17.7 Å². The van der Waals surface area contributed by atoms with Crippen LogP contribution in [0.25, 0.3) is 22.2 Å². The molecule has 214 valence electrons. The Morgan fingerprint density at radius 3 is 2.05 bits per heavy atom. The van der Waals surface area contributed by atoms with E-state index in [9.17, 15) is 14.4 Å². The molecule has 10 heteroatoms. The minimum Gasteiger partial charge on any atom is -0.399 e. The highest BCUT2D eigenvalue weighted by Gasteiger charge is 2.17. The average molecular weight is 583 g/mol. The van der Waals surface area contributed by atoms with E-state index in [1.54, 1.807) is 54.2 Å². The molecule has 4 aromatic carbocycles. The first-order chi connectivity index (χ1) is 19.6. The second-order valence-corrected chi connectivity index (χ2v) is 9.87. The van der Waals surface area contributed by atoms with Crippen LogP contribution in [0.5, 0.6) is 0 Å². The number of nitrogens with zero attached hydrogens (tertiary/aromatic N) is 2. The van der Waals surface area contributed by atoms with Crippen molar-refractivity contribution in [3.8, 4) is 11.3 Å². The minimum atomic E-state index is -0.326. The van der Waals surface area contributed by atoms with Crippen molar-refractivity contribution in [2.24, 2.45) is 7.05 Å². The topological polar surface area (TPSA) is 131 Å². The van der Waals surface area contributed by atoms with Crippen LogP contribution >= 0.6 is 12.4 Å². The lowest BCUT2D eigenvalue weighted by atomic mass is 10.0.